The molecule has 0 bridgehead atoms. The molecule has 3 rings (SSSR count). The number of β-amino-alcohol motifs (C(OH)–C–C–N with tert-alkyl or cyclic N) is 1. The Balaban J connectivity index is 1.59. The van der Waals surface area contributed by atoms with Crippen LogP contribution < -0.4 is 5.32 Å². The quantitative estimate of drug-likeness (QED) is 0.830. The van der Waals surface area contributed by atoms with Crippen LogP contribution in [-0.4, -0.2) is 50.3 Å². The molecule has 1 aliphatic heterocycles. The average molecular weight is 342 g/mol. The number of nitrogens with zero attached hydrogens (tertiary/aromatic N) is 3. The Hall–Kier alpha value is -2.67. The molecule has 0 unspecified atom stereocenters. The second kappa shape index (κ2) is 7.48. The first-order chi connectivity index (χ1) is 12.0. The van der Waals surface area contributed by atoms with Crippen LogP contribution >= 0.6 is 0 Å². The van der Waals surface area contributed by atoms with Crippen molar-refractivity contribution in [2.24, 2.45) is 0 Å². The van der Waals surface area contributed by atoms with E-state index in [-0.39, 0.29) is 24.8 Å². The predicted octanol–water partition coefficient (Wildman–Crippen LogP) is 0.529. The molecule has 2 heterocycles. The fourth-order valence-corrected chi connectivity index (χ4v) is 3.14. The van der Waals surface area contributed by atoms with E-state index in [2.05, 4.69) is 10.4 Å². The highest BCUT2D eigenvalue weighted by Crippen LogP contribution is 2.18. The lowest BCUT2D eigenvalue weighted by Gasteiger charge is -2.22. The number of rotatable bonds is 5. The maximum atomic E-state index is 12.4. The van der Waals surface area contributed by atoms with Crippen molar-refractivity contribution in [2.75, 3.05) is 6.54 Å². The van der Waals surface area contributed by atoms with Gasteiger partial charge in [-0.3, -0.25) is 14.3 Å². The summed E-state index contributed by atoms with van der Waals surface area (Å²) >= 11 is 0. The monoisotopic (exact) mass is 342 g/mol. The molecule has 0 radical (unpaired) electrons. The minimum absolute atomic E-state index is 0.196. The summed E-state index contributed by atoms with van der Waals surface area (Å²) in [4.78, 5) is 25.4. The van der Waals surface area contributed by atoms with Crippen molar-refractivity contribution in [1.29, 1.82) is 0 Å². The standard InChI is InChI=1S/C18H22N4O3/c1-13(23)22-12-16(24)9-17(22)18(25)19-10-14-4-2-5-15(8-14)11-21-7-3-6-20-21/h2-8,16-17,24H,9-12H2,1H3,(H,19,25)/t16-,17-/m1/s1. The largest absolute Gasteiger partial charge is 0.391 e. The van der Waals surface area contributed by atoms with Crippen molar-refractivity contribution in [3.63, 3.8) is 0 Å². The highest BCUT2D eigenvalue weighted by atomic mass is 16.3. The van der Waals surface area contributed by atoms with E-state index in [1.807, 2.05) is 41.2 Å². The van der Waals surface area contributed by atoms with Crippen LogP contribution in [0.5, 0.6) is 0 Å². The summed E-state index contributed by atoms with van der Waals surface area (Å²) in [6.45, 7) is 2.68. The van der Waals surface area contributed by atoms with Crippen LogP contribution in [0.2, 0.25) is 0 Å². The molecule has 2 N–H and O–H groups in total. The molecule has 0 saturated carbocycles. The van der Waals surface area contributed by atoms with Crippen LogP contribution in [0.1, 0.15) is 24.5 Å². The molecule has 2 amide bonds. The molecule has 7 nitrogen and oxygen atoms in total. The number of aliphatic hydroxyl groups excluding tert-OH is 1. The van der Waals surface area contributed by atoms with E-state index in [4.69, 9.17) is 0 Å². The Morgan fingerprint density at radius 1 is 1.32 bits per heavy atom. The normalized spacial score (nSPS) is 19.8. The summed E-state index contributed by atoms with van der Waals surface area (Å²) in [5.41, 5.74) is 2.07. The van der Waals surface area contributed by atoms with Gasteiger partial charge in [0, 0.05) is 38.8 Å². The lowest BCUT2D eigenvalue weighted by atomic mass is 10.1. The minimum atomic E-state index is -0.642. The summed E-state index contributed by atoms with van der Waals surface area (Å²) in [5, 5.41) is 16.8. The van der Waals surface area contributed by atoms with Crippen molar-refractivity contribution >= 4 is 11.8 Å². The molecule has 1 saturated heterocycles. The maximum Gasteiger partial charge on any atom is 0.243 e. The first kappa shape index (κ1) is 17.2. The second-order valence-corrected chi connectivity index (χ2v) is 6.32. The predicted molar refractivity (Wildman–Crippen MR) is 91.4 cm³/mol. The maximum absolute atomic E-state index is 12.4. The molecular weight excluding hydrogens is 320 g/mol. The molecule has 0 aliphatic carbocycles. The molecule has 2 atom stereocenters. The number of aliphatic hydroxyl groups is 1. The van der Waals surface area contributed by atoms with Crippen molar-refractivity contribution in [1.82, 2.24) is 20.0 Å². The Morgan fingerprint density at radius 2 is 2.12 bits per heavy atom. The number of likely N-dealkylation sites (tertiary alicyclic amines) is 1. The first-order valence-corrected chi connectivity index (χ1v) is 8.31. The topological polar surface area (TPSA) is 87.5 Å². The van der Waals surface area contributed by atoms with E-state index in [0.29, 0.717) is 13.1 Å². The summed E-state index contributed by atoms with van der Waals surface area (Å²) < 4.78 is 1.84. The van der Waals surface area contributed by atoms with E-state index in [0.717, 1.165) is 11.1 Å². The fourth-order valence-electron chi connectivity index (χ4n) is 3.14. The number of hydrogen-bond acceptors (Lipinski definition) is 4. The average Bonchev–Trinajstić information content (AvgIpc) is 3.22. The van der Waals surface area contributed by atoms with Crippen LogP contribution in [0.15, 0.2) is 42.7 Å². The highest BCUT2D eigenvalue weighted by Gasteiger charge is 2.37. The number of carbonyl (C=O) groups excluding carboxylic acids is 2. The van der Waals surface area contributed by atoms with Crippen LogP contribution in [0.25, 0.3) is 0 Å². The Morgan fingerprint density at radius 3 is 2.84 bits per heavy atom. The Kier molecular flexibility index (Phi) is 5.14. The zero-order valence-electron chi connectivity index (χ0n) is 14.1. The van der Waals surface area contributed by atoms with Gasteiger partial charge in [-0.25, -0.2) is 0 Å². The van der Waals surface area contributed by atoms with Crippen molar-refractivity contribution in [3.05, 3.63) is 53.9 Å². The van der Waals surface area contributed by atoms with Gasteiger partial charge < -0.3 is 15.3 Å². The van der Waals surface area contributed by atoms with Gasteiger partial charge in [0.25, 0.3) is 0 Å². The molecule has 7 heteroatoms. The van der Waals surface area contributed by atoms with Gasteiger partial charge in [-0.05, 0) is 17.2 Å². The highest BCUT2D eigenvalue weighted by molar-refractivity contribution is 5.87. The zero-order chi connectivity index (χ0) is 17.8. The van der Waals surface area contributed by atoms with Crippen LogP contribution in [-0.2, 0) is 22.7 Å². The summed E-state index contributed by atoms with van der Waals surface area (Å²) in [6.07, 6.45) is 3.28. The van der Waals surface area contributed by atoms with E-state index in [1.54, 1.807) is 6.20 Å². The molecule has 1 aromatic carbocycles. The second-order valence-electron chi connectivity index (χ2n) is 6.32. The van der Waals surface area contributed by atoms with Crippen molar-refractivity contribution in [3.8, 4) is 0 Å². The SMILES string of the molecule is CC(=O)N1C[C@H](O)C[C@@H]1C(=O)NCc1cccc(Cn2cccn2)c1. The van der Waals surface area contributed by atoms with E-state index < -0.39 is 12.1 Å². The lowest BCUT2D eigenvalue weighted by Crippen LogP contribution is -2.44. The molecule has 25 heavy (non-hydrogen) atoms. The number of benzene rings is 1. The molecule has 132 valence electrons. The molecule has 1 aliphatic rings. The van der Waals surface area contributed by atoms with Gasteiger partial charge >= 0.3 is 0 Å². The lowest BCUT2D eigenvalue weighted by molar-refractivity contribution is -0.137. The third-order valence-electron chi connectivity index (χ3n) is 4.35. The van der Waals surface area contributed by atoms with Gasteiger partial charge in [0.15, 0.2) is 0 Å². The van der Waals surface area contributed by atoms with Gasteiger partial charge in [-0.1, -0.05) is 24.3 Å². The number of aromatic nitrogens is 2. The third kappa shape index (κ3) is 4.24. The molecule has 0 spiro atoms. The number of carbonyl (C=O) groups is 2. The molecular formula is C18H22N4O3. The van der Waals surface area contributed by atoms with Crippen molar-refractivity contribution < 1.29 is 14.7 Å². The Bertz CT molecular complexity index is 745. The van der Waals surface area contributed by atoms with Gasteiger partial charge in [-0.2, -0.15) is 5.10 Å². The van der Waals surface area contributed by atoms with Gasteiger partial charge in [0.05, 0.1) is 12.6 Å². The van der Waals surface area contributed by atoms with Gasteiger partial charge in [0.2, 0.25) is 11.8 Å². The number of amides is 2. The fraction of sp³-hybridized carbons (Fsp3) is 0.389. The van der Waals surface area contributed by atoms with E-state index >= 15 is 0 Å². The van der Waals surface area contributed by atoms with Crippen LogP contribution in [0.4, 0.5) is 0 Å². The number of hydrogen-bond donors (Lipinski definition) is 2. The third-order valence-corrected chi connectivity index (χ3v) is 4.35. The Labute approximate surface area is 146 Å². The number of nitrogens with one attached hydrogen (secondary N) is 1. The molecule has 2 aromatic rings. The first-order valence-electron chi connectivity index (χ1n) is 8.31. The molecule has 1 aromatic heterocycles. The summed E-state index contributed by atoms with van der Waals surface area (Å²) in [7, 11) is 0. The van der Waals surface area contributed by atoms with E-state index in [9.17, 15) is 14.7 Å². The van der Waals surface area contributed by atoms with Crippen LogP contribution in [0, 0.1) is 0 Å². The van der Waals surface area contributed by atoms with Gasteiger partial charge in [-0.15, -0.1) is 0 Å². The van der Waals surface area contributed by atoms with Crippen molar-refractivity contribution in [2.45, 2.75) is 38.6 Å². The van der Waals surface area contributed by atoms with Crippen LogP contribution in [0.3, 0.4) is 0 Å². The summed E-state index contributed by atoms with van der Waals surface area (Å²) in [6, 6.07) is 9.20. The summed E-state index contributed by atoms with van der Waals surface area (Å²) in [5.74, 6) is -0.429. The smallest absolute Gasteiger partial charge is 0.243 e. The van der Waals surface area contributed by atoms with E-state index in [1.165, 1.54) is 11.8 Å². The van der Waals surface area contributed by atoms with Gasteiger partial charge in [0.1, 0.15) is 6.04 Å². The minimum Gasteiger partial charge on any atom is -0.391 e. The zero-order valence-corrected chi connectivity index (χ0v) is 14.1. The molecule has 1 fully saturated rings.